The number of unbranched alkanes of at least 4 members (excludes halogenated alkanes) is 2. The fraction of sp³-hybridized carbons (Fsp3) is 0.457. The quantitative estimate of drug-likeness (QED) is 0.0591. The molecule has 0 bridgehead atoms. The van der Waals surface area contributed by atoms with E-state index in [1.54, 1.807) is 32.2 Å². The second-order valence-corrected chi connectivity index (χ2v) is 12.0. The average Bonchev–Trinajstić information content (AvgIpc) is 3.06. The van der Waals surface area contributed by atoms with E-state index in [9.17, 15) is 13.2 Å². The Bertz CT molecular complexity index is 1480. The van der Waals surface area contributed by atoms with Gasteiger partial charge in [-0.2, -0.15) is 13.2 Å². The summed E-state index contributed by atoms with van der Waals surface area (Å²) in [5.74, 6) is 0.977. The summed E-state index contributed by atoms with van der Waals surface area (Å²) in [7, 11) is 2.93. The van der Waals surface area contributed by atoms with Crippen LogP contribution in [0.2, 0.25) is 10.0 Å². The molecule has 0 amide bonds. The van der Waals surface area contributed by atoms with Gasteiger partial charge in [-0.1, -0.05) is 56.1 Å². The number of methoxy groups -OCH3 is 2. The van der Waals surface area contributed by atoms with E-state index in [-0.39, 0.29) is 33.5 Å². The zero-order chi connectivity index (χ0) is 35.4. The van der Waals surface area contributed by atoms with Crippen LogP contribution in [0.4, 0.5) is 24.5 Å². The van der Waals surface area contributed by atoms with Crippen LogP contribution in [-0.4, -0.2) is 63.0 Å². The summed E-state index contributed by atoms with van der Waals surface area (Å²) in [4.78, 5) is 15.0. The van der Waals surface area contributed by atoms with Crippen LogP contribution in [-0.2, 0) is 17.6 Å². The molecule has 1 fully saturated rings. The Labute approximate surface area is 292 Å². The van der Waals surface area contributed by atoms with Crippen LogP contribution < -0.4 is 20.3 Å². The van der Waals surface area contributed by atoms with Gasteiger partial charge in [0.2, 0.25) is 0 Å². The third kappa shape index (κ3) is 10.3. The van der Waals surface area contributed by atoms with Gasteiger partial charge < -0.3 is 24.5 Å². The van der Waals surface area contributed by atoms with E-state index in [0.29, 0.717) is 40.6 Å². The molecule has 8 nitrogen and oxygen atoms in total. The number of piperazine rings is 1. The molecule has 1 heterocycles. The van der Waals surface area contributed by atoms with Crippen molar-refractivity contribution in [2.75, 3.05) is 57.7 Å². The van der Waals surface area contributed by atoms with Crippen LogP contribution in [0.5, 0.6) is 11.5 Å². The highest BCUT2D eigenvalue weighted by molar-refractivity contribution is 6.40. The Kier molecular flexibility index (Phi) is 15.0. The number of allylic oxidation sites excluding steroid dienone is 2. The minimum Gasteiger partial charge on any atom is -0.495 e. The van der Waals surface area contributed by atoms with Crippen LogP contribution in [0.25, 0.3) is 0 Å². The van der Waals surface area contributed by atoms with Gasteiger partial charge in [-0.15, -0.1) is 0 Å². The second-order valence-electron chi connectivity index (χ2n) is 11.2. The Morgan fingerprint density at radius 2 is 1.65 bits per heavy atom. The van der Waals surface area contributed by atoms with Crippen molar-refractivity contribution in [3.63, 3.8) is 0 Å². The smallest absolute Gasteiger partial charge is 0.416 e. The maximum absolute atomic E-state index is 14.3. The highest BCUT2D eigenvalue weighted by atomic mass is 35.5. The number of hydrogen-bond acceptors (Lipinski definition) is 8. The average molecular weight is 713 g/mol. The summed E-state index contributed by atoms with van der Waals surface area (Å²) in [5.41, 5.74) is 4.15. The third-order valence-electron chi connectivity index (χ3n) is 8.04. The molecule has 1 aliphatic rings. The molecule has 0 radical (unpaired) electrons. The topological polar surface area (TPSA) is 70.6 Å². The van der Waals surface area contributed by atoms with Crippen molar-refractivity contribution in [3.05, 3.63) is 80.8 Å². The highest BCUT2D eigenvalue weighted by Crippen LogP contribution is 2.44. The molecule has 2 aromatic carbocycles. The molecule has 48 heavy (non-hydrogen) atoms. The molecule has 0 aromatic heterocycles. The fourth-order valence-corrected chi connectivity index (χ4v) is 5.73. The van der Waals surface area contributed by atoms with Gasteiger partial charge in [-0.05, 0) is 57.0 Å². The number of rotatable bonds is 16. The zero-order valence-corrected chi connectivity index (χ0v) is 30.0. The van der Waals surface area contributed by atoms with Gasteiger partial charge >= 0.3 is 6.18 Å². The predicted octanol–water partition coefficient (Wildman–Crippen LogP) is 9.57. The molecule has 0 unspecified atom stereocenters. The number of nitrogens with zero attached hydrogens (tertiary/aromatic N) is 3. The number of benzene rings is 2. The SMILES string of the molecule is C=C(Nc1ccc(CN2CCN(CC)CC2)c(C(F)(F)F)c1)/C(C)=C(\N=C/C)C(=C\CCCC)/ONc1c(Cl)c(OC)cc(OC)c1Cl. The van der Waals surface area contributed by atoms with Crippen molar-refractivity contribution in [1.82, 2.24) is 9.80 Å². The normalized spacial score (nSPS) is 15.4. The molecular formula is C35H46Cl2F3N5O3. The summed E-state index contributed by atoms with van der Waals surface area (Å²) < 4.78 is 53.6. The number of halogens is 5. The first kappa shape index (κ1) is 39.1. The lowest BCUT2D eigenvalue weighted by Crippen LogP contribution is -2.45. The van der Waals surface area contributed by atoms with Crippen LogP contribution >= 0.6 is 23.2 Å². The molecular weight excluding hydrogens is 666 g/mol. The number of likely N-dealkylation sites (N-methyl/N-ethyl adjacent to an activating group) is 1. The Balaban J connectivity index is 1.92. The van der Waals surface area contributed by atoms with Crippen molar-refractivity contribution in [1.29, 1.82) is 0 Å². The second kappa shape index (κ2) is 18.4. The number of aliphatic imine (C=N–C) groups is 1. The predicted molar refractivity (Wildman–Crippen MR) is 190 cm³/mol. The van der Waals surface area contributed by atoms with Gasteiger partial charge in [-0.3, -0.25) is 9.89 Å². The monoisotopic (exact) mass is 711 g/mol. The molecule has 2 aromatic rings. The molecule has 264 valence electrons. The van der Waals surface area contributed by atoms with Crippen LogP contribution in [0.15, 0.2) is 64.6 Å². The summed E-state index contributed by atoms with van der Waals surface area (Å²) in [6.07, 6.45) is 1.42. The zero-order valence-electron chi connectivity index (χ0n) is 28.5. The lowest BCUT2D eigenvalue weighted by Gasteiger charge is -2.34. The van der Waals surface area contributed by atoms with Gasteiger partial charge in [0.25, 0.3) is 0 Å². The van der Waals surface area contributed by atoms with Gasteiger partial charge in [0.05, 0.1) is 19.8 Å². The van der Waals surface area contributed by atoms with E-state index in [4.69, 9.17) is 37.5 Å². The minimum absolute atomic E-state index is 0.177. The van der Waals surface area contributed by atoms with Crippen molar-refractivity contribution in [2.24, 2.45) is 4.99 Å². The lowest BCUT2D eigenvalue weighted by molar-refractivity contribution is -0.138. The van der Waals surface area contributed by atoms with Crippen molar-refractivity contribution >= 4 is 40.8 Å². The fourth-order valence-electron chi connectivity index (χ4n) is 5.15. The number of nitrogens with one attached hydrogen (secondary N) is 2. The first-order valence-corrected chi connectivity index (χ1v) is 16.7. The third-order valence-corrected chi connectivity index (χ3v) is 8.79. The number of anilines is 2. The van der Waals surface area contributed by atoms with E-state index >= 15 is 0 Å². The molecule has 0 saturated carbocycles. The highest BCUT2D eigenvalue weighted by Gasteiger charge is 2.34. The van der Waals surface area contributed by atoms with E-state index in [1.165, 1.54) is 20.3 Å². The number of alkyl halides is 3. The first-order valence-electron chi connectivity index (χ1n) is 15.9. The molecule has 0 aliphatic carbocycles. The Hall–Kier alpha value is -3.38. The van der Waals surface area contributed by atoms with Crippen molar-refractivity contribution < 1.29 is 27.5 Å². The molecule has 0 atom stereocenters. The molecule has 1 aliphatic heterocycles. The summed E-state index contributed by atoms with van der Waals surface area (Å²) in [6.45, 7) is 16.1. The van der Waals surface area contributed by atoms with Gasteiger partial charge in [-0.25, -0.2) is 5.48 Å². The summed E-state index contributed by atoms with van der Waals surface area (Å²) in [5, 5.41) is 3.41. The lowest BCUT2D eigenvalue weighted by atomic mass is 10.0. The van der Waals surface area contributed by atoms with E-state index in [0.717, 1.165) is 51.6 Å². The van der Waals surface area contributed by atoms with E-state index in [1.807, 2.05) is 6.08 Å². The minimum atomic E-state index is -4.53. The molecule has 0 spiro atoms. The van der Waals surface area contributed by atoms with Crippen molar-refractivity contribution in [2.45, 2.75) is 59.7 Å². The van der Waals surface area contributed by atoms with Gasteiger partial charge in [0.15, 0.2) is 5.76 Å². The maximum atomic E-state index is 14.3. The molecule has 3 rings (SSSR count). The number of hydrogen-bond donors (Lipinski definition) is 2. The Morgan fingerprint density at radius 3 is 2.19 bits per heavy atom. The van der Waals surface area contributed by atoms with Crippen LogP contribution in [0.1, 0.15) is 58.1 Å². The van der Waals surface area contributed by atoms with E-state index in [2.05, 4.69) is 46.0 Å². The van der Waals surface area contributed by atoms with Gasteiger partial charge in [0, 0.05) is 62.0 Å². The first-order chi connectivity index (χ1) is 22.9. The van der Waals surface area contributed by atoms with Crippen molar-refractivity contribution in [3.8, 4) is 11.5 Å². The number of ether oxygens (including phenoxy) is 2. The summed E-state index contributed by atoms with van der Waals surface area (Å²) >= 11 is 13.1. The summed E-state index contributed by atoms with van der Waals surface area (Å²) in [6, 6.07) is 5.87. The van der Waals surface area contributed by atoms with Crippen LogP contribution in [0, 0.1) is 0 Å². The molecule has 13 heteroatoms. The maximum Gasteiger partial charge on any atom is 0.416 e. The largest absolute Gasteiger partial charge is 0.495 e. The van der Waals surface area contributed by atoms with Crippen LogP contribution in [0.3, 0.4) is 0 Å². The molecule has 2 N–H and O–H groups in total. The van der Waals surface area contributed by atoms with Gasteiger partial charge in [0.1, 0.15) is 32.9 Å². The standard InChI is InChI=1S/C35H46Cl2F3N5O3/c1-8-11-12-13-28(48-43-34-31(36)29(46-6)21-30(47-7)32(34)37)33(41-9-2)23(4)24(5)42-26-15-14-25(27(20-26)35(38,39)40)22-45-18-16-44(10-3)17-19-45/h9,13-15,20-21,42-43H,5,8,10-12,16-19,22H2,1-4,6-7H3/b28-13+,33-23-,41-9-. The van der Waals surface area contributed by atoms with E-state index < -0.39 is 11.7 Å². The molecule has 1 saturated heterocycles. The Morgan fingerprint density at radius 1 is 1.02 bits per heavy atom.